The Bertz CT molecular complexity index is 634. The van der Waals surface area contributed by atoms with Crippen molar-refractivity contribution in [1.82, 2.24) is 5.32 Å². The van der Waals surface area contributed by atoms with Gasteiger partial charge in [-0.15, -0.1) is 0 Å². The Kier molecular flexibility index (Phi) is 4.88. The summed E-state index contributed by atoms with van der Waals surface area (Å²) in [6, 6.07) is 6.39. The van der Waals surface area contributed by atoms with Crippen molar-refractivity contribution in [1.29, 1.82) is 0 Å². The van der Waals surface area contributed by atoms with Gasteiger partial charge in [0, 0.05) is 19.0 Å². The van der Waals surface area contributed by atoms with Gasteiger partial charge in [0.1, 0.15) is 5.82 Å². The Morgan fingerprint density at radius 1 is 1.25 bits per heavy atom. The van der Waals surface area contributed by atoms with Crippen LogP contribution in [0, 0.1) is 23.6 Å². The van der Waals surface area contributed by atoms with E-state index in [2.05, 4.69) is 19.2 Å². The van der Waals surface area contributed by atoms with E-state index in [9.17, 15) is 14.0 Å². The first-order valence-electron chi connectivity index (χ1n) is 8.82. The van der Waals surface area contributed by atoms with Gasteiger partial charge in [0.2, 0.25) is 11.8 Å². The van der Waals surface area contributed by atoms with E-state index in [1.165, 1.54) is 17.4 Å². The first-order chi connectivity index (χ1) is 11.5. The van der Waals surface area contributed by atoms with Gasteiger partial charge in [-0.05, 0) is 30.4 Å². The van der Waals surface area contributed by atoms with Crippen LogP contribution >= 0.6 is 0 Å². The molecule has 0 radical (unpaired) electrons. The van der Waals surface area contributed by atoms with E-state index in [1.807, 2.05) is 0 Å². The summed E-state index contributed by atoms with van der Waals surface area (Å²) >= 11 is 0. The molecule has 3 rings (SSSR count). The predicted octanol–water partition coefficient (Wildman–Crippen LogP) is 3.12. The molecule has 1 heterocycles. The molecule has 1 aromatic carbocycles. The van der Waals surface area contributed by atoms with Gasteiger partial charge in [0.05, 0.1) is 11.6 Å². The van der Waals surface area contributed by atoms with Crippen LogP contribution in [0.25, 0.3) is 0 Å². The highest BCUT2D eigenvalue weighted by atomic mass is 19.1. The lowest BCUT2D eigenvalue weighted by Gasteiger charge is -2.35. The summed E-state index contributed by atoms with van der Waals surface area (Å²) in [6.45, 7) is 4.66. The fourth-order valence-corrected chi connectivity index (χ4v) is 3.87. The number of amides is 2. The molecule has 0 bridgehead atoms. The van der Waals surface area contributed by atoms with Gasteiger partial charge in [0.15, 0.2) is 0 Å². The maximum absolute atomic E-state index is 13.9. The van der Waals surface area contributed by atoms with Crippen LogP contribution in [0.15, 0.2) is 24.3 Å². The second-order valence-electron chi connectivity index (χ2n) is 7.24. The molecule has 0 aromatic heterocycles. The monoisotopic (exact) mass is 332 g/mol. The molecule has 1 aliphatic heterocycles. The van der Waals surface area contributed by atoms with Gasteiger partial charge >= 0.3 is 0 Å². The van der Waals surface area contributed by atoms with Gasteiger partial charge in [-0.1, -0.05) is 38.8 Å². The van der Waals surface area contributed by atoms with E-state index < -0.39 is 11.7 Å². The van der Waals surface area contributed by atoms with Gasteiger partial charge in [0.25, 0.3) is 0 Å². The first-order valence-corrected chi connectivity index (χ1v) is 8.82. The second kappa shape index (κ2) is 6.91. The lowest BCUT2D eigenvalue weighted by molar-refractivity contribution is -0.127. The van der Waals surface area contributed by atoms with E-state index in [-0.39, 0.29) is 36.5 Å². The van der Waals surface area contributed by atoms with Crippen LogP contribution in [-0.2, 0) is 9.59 Å². The molecule has 2 amide bonds. The maximum Gasteiger partial charge on any atom is 0.227 e. The average Bonchev–Trinajstić information content (AvgIpc) is 2.94. The Morgan fingerprint density at radius 2 is 2.00 bits per heavy atom. The summed E-state index contributed by atoms with van der Waals surface area (Å²) in [5, 5.41) is 3.14. The van der Waals surface area contributed by atoms with Crippen LogP contribution < -0.4 is 10.2 Å². The zero-order chi connectivity index (χ0) is 17.3. The summed E-state index contributed by atoms with van der Waals surface area (Å²) in [5.41, 5.74) is 0.262. The van der Waals surface area contributed by atoms with Crippen molar-refractivity contribution in [3.63, 3.8) is 0 Å². The van der Waals surface area contributed by atoms with Crippen molar-refractivity contribution in [3.05, 3.63) is 30.1 Å². The van der Waals surface area contributed by atoms with Gasteiger partial charge in [-0.2, -0.15) is 0 Å². The number of rotatable bonds is 3. The summed E-state index contributed by atoms with van der Waals surface area (Å²) < 4.78 is 13.9. The molecule has 0 spiro atoms. The molecule has 2 aliphatic rings. The van der Waals surface area contributed by atoms with Gasteiger partial charge in [-0.3, -0.25) is 9.59 Å². The molecular weight excluding hydrogens is 307 g/mol. The Labute approximate surface area is 142 Å². The highest BCUT2D eigenvalue weighted by Gasteiger charge is 2.38. The molecule has 1 aromatic rings. The summed E-state index contributed by atoms with van der Waals surface area (Å²) in [5.74, 6) is -0.0479. The van der Waals surface area contributed by atoms with Gasteiger partial charge in [-0.25, -0.2) is 4.39 Å². The fourth-order valence-electron chi connectivity index (χ4n) is 3.87. The van der Waals surface area contributed by atoms with Crippen molar-refractivity contribution in [2.24, 2.45) is 17.8 Å². The molecule has 130 valence electrons. The normalized spacial score (nSPS) is 30.5. The van der Waals surface area contributed by atoms with Crippen molar-refractivity contribution in [3.8, 4) is 0 Å². The molecule has 1 saturated heterocycles. The summed E-state index contributed by atoms with van der Waals surface area (Å²) in [4.78, 5) is 26.2. The zero-order valence-electron chi connectivity index (χ0n) is 14.3. The SMILES string of the molecule is C[C@@H]1[C@H](C)CCC[C@@H]1NC(=O)[C@@H]1CC(=O)N(c2ccccc2F)C1. The van der Waals surface area contributed by atoms with E-state index in [1.54, 1.807) is 18.2 Å². The van der Waals surface area contributed by atoms with Gasteiger partial charge < -0.3 is 10.2 Å². The molecular formula is C19H25FN2O2. The van der Waals surface area contributed by atoms with Crippen LogP contribution in [0.4, 0.5) is 10.1 Å². The largest absolute Gasteiger partial charge is 0.353 e. The Hall–Kier alpha value is -1.91. The molecule has 0 unspecified atom stereocenters. The summed E-state index contributed by atoms with van der Waals surface area (Å²) in [7, 11) is 0. The van der Waals surface area contributed by atoms with Crippen LogP contribution in [-0.4, -0.2) is 24.4 Å². The van der Waals surface area contributed by atoms with E-state index in [4.69, 9.17) is 0 Å². The van der Waals surface area contributed by atoms with Crippen LogP contribution in [0.2, 0.25) is 0 Å². The van der Waals surface area contributed by atoms with E-state index >= 15 is 0 Å². The van der Waals surface area contributed by atoms with Crippen molar-refractivity contribution < 1.29 is 14.0 Å². The van der Waals surface area contributed by atoms with Crippen molar-refractivity contribution >= 4 is 17.5 Å². The molecule has 24 heavy (non-hydrogen) atoms. The maximum atomic E-state index is 13.9. The van der Waals surface area contributed by atoms with Crippen LogP contribution in [0.3, 0.4) is 0 Å². The number of nitrogens with zero attached hydrogens (tertiary/aromatic N) is 1. The zero-order valence-corrected chi connectivity index (χ0v) is 14.3. The topological polar surface area (TPSA) is 49.4 Å². The standard InChI is InChI=1S/C19H25FN2O2/c1-12-6-5-8-16(13(12)2)21-19(24)14-10-18(23)22(11-14)17-9-4-3-7-15(17)20/h3-4,7,9,12-14,16H,5-6,8,10-11H2,1-2H3,(H,21,24)/t12-,13-,14-,16+/m1/s1. The van der Waals surface area contributed by atoms with Crippen LogP contribution in [0.1, 0.15) is 39.5 Å². The molecule has 5 heteroatoms. The minimum absolute atomic E-state index is 0.0758. The number of halogens is 1. The third-order valence-corrected chi connectivity index (χ3v) is 5.67. The Balaban J connectivity index is 1.65. The molecule has 2 fully saturated rings. The lowest BCUT2D eigenvalue weighted by Crippen LogP contribution is -2.46. The number of hydrogen-bond acceptors (Lipinski definition) is 2. The number of carbonyl (C=O) groups is 2. The quantitative estimate of drug-likeness (QED) is 0.924. The fraction of sp³-hybridized carbons (Fsp3) is 0.579. The second-order valence-corrected chi connectivity index (χ2v) is 7.24. The Morgan fingerprint density at radius 3 is 2.75 bits per heavy atom. The van der Waals surface area contributed by atoms with Crippen molar-refractivity contribution in [2.75, 3.05) is 11.4 Å². The van der Waals surface area contributed by atoms with E-state index in [0.717, 1.165) is 12.8 Å². The van der Waals surface area contributed by atoms with Crippen molar-refractivity contribution in [2.45, 2.75) is 45.6 Å². The molecule has 1 saturated carbocycles. The predicted molar refractivity (Wildman–Crippen MR) is 91.0 cm³/mol. The minimum Gasteiger partial charge on any atom is -0.353 e. The number of para-hydroxylation sites is 1. The molecule has 4 nitrogen and oxygen atoms in total. The minimum atomic E-state index is -0.429. The lowest BCUT2D eigenvalue weighted by atomic mass is 9.78. The number of hydrogen-bond donors (Lipinski definition) is 1. The highest BCUT2D eigenvalue weighted by Crippen LogP contribution is 2.31. The number of benzene rings is 1. The van der Waals surface area contributed by atoms with E-state index in [0.29, 0.717) is 11.8 Å². The molecule has 1 aliphatic carbocycles. The number of anilines is 1. The number of carbonyl (C=O) groups excluding carboxylic acids is 2. The highest BCUT2D eigenvalue weighted by molar-refractivity contribution is 6.00. The summed E-state index contributed by atoms with van der Waals surface area (Å²) in [6.07, 6.45) is 3.48. The first kappa shape index (κ1) is 16.9. The third kappa shape index (κ3) is 3.30. The van der Waals surface area contributed by atoms with Crippen LogP contribution in [0.5, 0.6) is 0 Å². The third-order valence-electron chi connectivity index (χ3n) is 5.67. The smallest absolute Gasteiger partial charge is 0.227 e. The average molecular weight is 332 g/mol. The number of nitrogens with one attached hydrogen (secondary N) is 1. The molecule has 1 N–H and O–H groups in total. The molecule has 4 atom stereocenters.